The number of hydrogen-bond acceptors (Lipinski definition) is 4. The standard InChI is InChI=1S/C23H32N4O/c1-18-5-7-20(8-6-18)23(28)24-17-22(27-15-13-26(4)14-16-27)19-9-11-21(12-10-19)25(2)3/h5-12,22H,13-17H2,1-4H3,(H,24,28)/t22-/m0/s1. The quantitative estimate of drug-likeness (QED) is 0.836. The highest BCUT2D eigenvalue weighted by Gasteiger charge is 2.24. The number of rotatable bonds is 6. The summed E-state index contributed by atoms with van der Waals surface area (Å²) in [7, 11) is 6.26. The van der Waals surface area contributed by atoms with Gasteiger partial charge in [-0.3, -0.25) is 9.69 Å². The Bertz CT molecular complexity index is 762. The number of hydrogen-bond donors (Lipinski definition) is 1. The fourth-order valence-corrected chi connectivity index (χ4v) is 3.58. The molecule has 0 aromatic heterocycles. The van der Waals surface area contributed by atoms with Crippen molar-refractivity contribution in [1.29, 1.82) is 0 Å². The molecule has 0 unspecified atom stereocenters. The van der Waals surface area contributed by atoms with Crippen LogP contribution in [0.25, 0.3) is 0 Å². The van der Waals surface area contributed by atoms with Gasteiger partial charge in [0.25, 0.3) is 5.91 Å². The minimum atomic E-state index is -0.0101. The molecular weight excluding hydrogens is 348 g/mol. The summed E-state index contributed by atoms with van der Waals surface area (Å²) in [5, 5.41) is 3.16. The van der Waals surface area contributed by atoms with Crippen LogP contribution < -0.4 is 10.2 Å². The predicted octanol–water partition coefficient (Wildman–Crippen LogP) is 2.78. The molecule has 3 rings (SSSR count). The van der Waals surface area contributed by atoms with Crippen molar-refractivity contribution in [2.24, 2.45) is 0 Å². The van der Waals surface area contributed by atoms with Crippen LogP contribution in [0.1, 0.15) is 27.5 Å². The second-order valence-electron chi connectivity index (χ2n) is 7.92. The molecule has 1 heterocycles. The fourth-order valence-electron chi connectivity index (χ4n) is 3.58. The Kier molecular flexibility index (Phi) is 6.70. The first-order valence-electron chi connectivity index (χ1n) is 9.99. The molecule has 0 radical (unpaired) electrons. The Morgan fingerprint density at radius 3 is 2.18 bits per heavy atom. The smallest absolute Gasteiger partial charge is 0.251 e. The molecule has 5 nitrogen and oxygen atoms in total. The van der Waals surface area contributed by atoms with Crippen molar-refractivity contribution >= 4 is 11.6 Å². The number of anilines is 1. The first-order valence-corrected chi connectivity index (χ1v) is 9.99. The maximum atomic E-state index is 12.6. The van der Waals surface area contributed by atoms with E-state index < -0.39 is 0 Å². The van der Waals surface area contributed by atoms with Crippen LogP contribution in [0.4, 0.5) is 5.69 Å². The molecule has 0 saturated carbocycles. The van der Waals surface area contributed by atoms with Crippen LogP contribution >= 0.6 is 0 Å². The van der Waals surface area contributed by atoms with Crippen molar-refractivity contribution in [1.82, 2.24) is 15.1 Å². The maximum absolute atomic E-state index is 12.6. The average Bonchev–Trinajstić information content (AvgIpc) is 2.70. The zero-order valence-electron chi connectivity index (χ0n) is 17.5. The summed E-state index contributed by atoms with van der Waals surface area (Å²) in [6, 6.07) is 16.6. The molecule has 0 bridgehead atoms. The molecule has 1 saturated heterocycles. The highest BCUT2D eigenvalue weighted by molar-refractivity contribution is 5.94. The summed E-state index contributed by atoms with van der Waals surface area (Å²) >= 11 is 0. The molecule has 1 N–H and O–H groups in total. The number of carbonyl (C=O) groups excluding carboxylic acids is 1. The number of nitrogens with one attached hydrogen (secondary N) is 1. The Morgan fingerprint density at radius 2 is 1.61 bits per heavy atom. The van der Waals surface area contributed by atoms with E-state index in [0.29, 0.717) is 12.1 Å². The monoisotopic (exact) mass is 380 g/mol. The molecule has 28 heavy (non-hydrogen) atoms. The fraction of sp³-hybridized carbons (Fsp3) is 0.435. The molecule has 2 aromatic carbocycles. The molecule has 5 heteroatoms. The number of aryl methyl sites for hydroxylation is 1. The van der Waals surface area contributed by atoms with E-state index in [9.17, 15) is 4.79 Å². The molecule has 1 aliphatic rings. The van der Waals surface area contributed by atoms with E-state index in [1.54, 1.807) is 0 Å². The molecule has 2 aromatic rings. The summed E-state index contributed by atoms with van der Waals surface area (Å²) in [6.07, 6.45) is 0. The van der Waals surface area contributed by atoms with E-state index in [4.69, 9.17) is 0 Å². The second-order valence-corrected chi connectivity index (χ2v) is 7.92. The highest BCUT2D eigenvalue weighted by atomic mass is 16.1. The van der Waals surface area contributed by atoms with E-state index in [-0.39, 0.29) is 11.9 Å². The second kappa shape index (κ2) is 9.22. The average molecular weight is 381 g/mol. The third-order valence-corrected chi connectivity index (χ3v) is 5.54. The topological polar surface area (TPSA) is 38.8 Å². The number of nitrogens with zero attached hydrogens (tertiary/aromatic N) is 3. The van der Waals surface area contributed by atoms with E-state index >= 15 is 0 Å². The highest BCUT2D eigenvalue weighted by Crippen LogP contribution is 2.24. The van der Waals surface area contributed by atoms with Crippen molar-refractivity contribution in [3.05, 3.63) is 65.2 Å². The molecule has 1 amide bonds. The Hall–Kier alpha value is -2.37. The van der Waals surface area contributed by atoms with Crippen LogP contribution in [-0.2, 0) is 0 Å². The lowest BCUT2D eigenvalue weighted by Gasteiger charge is -2.38. The van der Waals surface area contributed by atoms with Crippen molar-refractivity contribution in [3.63, 3.8) is 0 Å². The van der Waals surface area contributed by atoms with Gasteiger partial charge in [0.15, 0.2) is 0 Å². The van der Waals surface area contributed by atoms with Crippen molar-refractivity contribution in [3.8, 4) is 0 Å². The summed E-state index contributed by atoms with van der Waals surface area (Å²) < 4.78 is 0. The SMILES string of the molecule is Cc1ccc(C(=O)NC[C@@H](c2ccc(N(C)C)cc2)N2CCN(C)CC2)cc1. The van der Waals surface area contributed by atoms with Gasteiger partial charge in [0.1, 0.15) is 0 Å². The van der Waals surface area contributed by atoms with Gasteiger partial charge in [-0.2, -0.15) is 0 Å². The molecule has 0 aliphatic carbocycles. The van der Waals surface area contributed by atoms with Crippen LogP contribution in [0.5, 0.6) is 0 Å². The molecule has 1 atom stereocenters. The van der Waals surface area contributed by atoms with Crippen LogP contribution in [0.3, 0.4) is 0 Å². The van der Waals surface area contributed by atoms with E-state index in [1.807, 2.05) is 31.2 Å². The Balaban J connectivity index is 1.74. The molecule has 0 spiro atoms. The van der Waals surface area contributed by atoms with Gasteiger partial charge in [0, 0.05) is 58.1 Å². The zero-order valence-corrected chi connectivity index (χ0v) is 17.5. The first-order chi connectivity index (χ1) is 13.4. The number of likely N-dealkylation sites (N-methyl/N-ethyl adjacent to an activating group) is 1. The first kappa shape index (κ1) is 20.4. The largest absolute Gasteiger partial charge is 0.378 e. The van der Waals surface area contributed by atoms with Crippen LogP contribution in [0.2, 0.25) is 0 Å². The van der Waals surface area contributed by atoms with Crippen LogP contribution in [-0.4, -0.2) is 69.6 Å². The summed E-state index contributed by atoms with van der Waals surface area (Å²) in [4.78, 5) is 19.6. The van der Waals surface area contributed by atoms with E-state index in [1.165, 1.54) is 11.3 Å². The Labute approximate surface area is 168 Å². The van der Waals surface area contributed by atoms with Gasteiger partial charge < -0.3 is 15.1 Å². The minimum Gasteiger partial charge on any atom is -0.378 e. The van der Waals surface area contributed by atoms with Crippen LogP contribution in [0.15, 0.2) is 48.5 Å². The molecule has 1 fully saturated rings. The van der Waals surface area contributed by atoms with Crippen LogP contribution in [0, 0.1) is 6.92 Å². The summed E-state index contributed by atoms with van der Waals surface area (Å²) in [5.41, 5.74) is 4.31. The van der Waals surface area contributed by atoms with E-state index in [0.717, 1.165) is 31.7 Å². The minimum absolute atomic E-state index is 0.0101. The van der Waals surface area contributed by atoms with Gasteiger partial charge in [-0.15, -0.1) is 0 Å². The summed E-state index contributed by atoms with van der Waals surface area (Å²) in [6.45, 7) is 6.77. The summed E-state index contributed by atoms with van der Waals surface area (Å²) in [5.74, 6) is -0.0101. The van der Waals surface area contributed by atoms with Gasteiger partial charge in [0.05, 0.1) is 6.04 Å². The van der Waals surface area contributed by atoms with Crippen molar-refractivity contribution in [2.75, 3.05) is 58.8 Å². The van der Waals surface area contributed by atoms with Gasteiger partial charge in [-0.05, 0) is 43.8 Å². The lowest BCUT2D eigenvalue weighted by molar-refractivity contribution is 0.0886. The number of benzene rings is 2. The number of piperazine rings is 1. The van der Waals surface area contributed by atoms with Gasteiger partial charge >= 0.3 is 0 Å². The van der Waals surface area contributed by atoms with Gasteiger partial charge in [-0.25, -0.2) is 0 Å². The molecule has 150 valence electrons. The van der Waals surface area contributed by atoms with E-state index in [2.05, 4.69) is 65.4 Å². The molecular formula is C23H32N4O. The maximum Gasteiger partial charge on any atom is 0.251 e. The van der Waals surface area contributed by atoms with Gasteiger partial charge in [0.2, 0.25) is 0 Å². The lowest BCUT2D eigenvalue weighted by Crippen LogP contribution is -2.48. The third kappa shape index (κ3) is 5.12. The number of carbonyl (C=O) groups is 1. The number of amides is 1. The zero-order chi connectivity index (χ0) is 20.1. The Morgan fingerprint density at radius 1 is 1.00 bits per heavy atom. The molecule has 1 aliphatic heterocycles. The third-order valence-electron chi connectivity index (χ3n) is 5.54. The normalized spacial score (nSPS) is 16.6. The van der Waals surface area contributed by atoms with Crippen molar-refractivity contribution < 1.29 is 4.79 Å². The van der Waals surface area contributed by atoms with Crippen molar-refractivity contribution in [2.45, 2.75) is 13.0 Å². The lowest BCUT2D eigenvalue weighted by atomic mass is 10.0. The van der Waals surface area contributed by atoms with Gasteiger partial charge in [-0.1, -0.05) is 29.8 Å². The predicted molar refractivity (Wildman–Crippen MR) is 116 cm³/mol.